The van der Waals surface area contributed by atoms with Crippen LogP contribution in [-0.4, -0.2) is 52.4 Å². The van der Waals surface area contributed by atoms with E-state index >= 15 is 0 Å². The molecule has 0 unspecified atom stereocenters. The van der Waals surface area contributed by atoms with Gasteiger partial charge in [-0.05, 0) is 40.8 Å². The van der Waals surface area contributed by atoms with Gasteiger partial charge in [-0.1, -0.05) is 26.7 Å². The van der Waals surface area contributed by atoms with Crippen LogP contribution < -0.4 is 4.98 Å². The summed E-state index contributed by atoms with van der Waals surface area (Å²) in [7, 11) is 7.24. The van der Waals surface area contributed by atoms with Crippen LogP contribution in [0.5, 0.6) is 0 Å². The number of rotatable bonds is 7. The fourth-order valence-corrected chi connectivity index (χ4v) is 5.87. The van der Waals surface area contributed by atoms with Crippen LogP contribution in [0, 0.1) is 0 Å². The summed E-state index contributed by atoms with van der Waals surface area (Å²) in [6.45, 7) is 5.52. The molecule has 0 spiro atoms. The van der Waals surface area contributed by atoms with Gasteiger partial charge in [-0.15, -0.1) is 0 Å². The van der Waals surface area contributed by atoms with Crippen LogP contribution in [-0.2, 0) is 0 Å². The first-order valence-electron chi connectivity index (χ1n) is 5.61. The fraction of sp³-hybridized carbons (Fsp3) is 1.00. The molecule has 1 N–H and O–H groups in total. The van der Waals surface area contributed by atoms with Gasteiger partial charge in [0, 0.05) is 0 Å². The summed E-state index contributed by atoms with van der Waals surface area (Å²) in [6.07, 6.45) is 2.59. The highest BCUT2D eigenvalue weighted by Gasteiger charge is 2.38. The molecule has 0 aromatic carbocycles. The largest absolute Gasteiger partial charge is 0.313 e. The lowest BCUT2D eigenvalue weighted by Crippen LogP contribution is -2.70. The maximum Gasteiger partial charge on any atom is 0.285 e. The van der Waals surface area contributed by atoms with E-state index in [9.17, 15) is 0 Å². The van der Waals surface area contributed by atoms with Crippen molar-refractivity contribution in [1.82, 2.24) is 14.1 Å². The zero-order chi connectivity index (χ0) is 11.2. The molecule has 0 amide bonds. The number of hydrogen-bond acceptors (Lipinski definition) is 3. The summed E-state index contributed by atoms with van der Waals surface area (Å²) >= 11 is 0. The van der Waals surface area contributed by atoms with Gasteiger partial charge in [0.05, 0.1) is 0 Å². The van der Waals surface area contributed by atoms with Gasteiger partial charge in [0.1, 0.15) is 0 Å². The van der Waals surface area contributed by atoms with Crippen LogP contribution in [0.1, 0.15) is 26.7 Å². The van der Waals surface area contributed by atoms with E-state index in [1.165, 1.54) is 18.9 Å². The lowest BCUT2D eigenvalue weighted by molar-refractivity contribution is 0.448. The van der Waals surface area contributed by atoms with Crippen molar-refractivity contribution in [2.45, 2.75) is 32.7 Å². The molecule has 0 aromatic heterocycles. The molecular formula is C10H27N3Si. The standard InChI is InChI=1S/C10H27N3Si/c1-7-9-10-14(11-8-2,12(3)4)13(5)6/h11H,7-10H2,1-6H3. The average molecular weight is 217 g/mol. The van der Waals surface area contributed by atoms with Crippen LogP contribution >= 0.6 is 0 Å². The average Bonchev–Trinajstić information content (AvgIpc) is 2.11. The SMILES string of the molecule is CCCC[Si](NCC)(N(C)C)N(C)C. The van der Waals surface area contributed by atoms with Crippen molar-refractivity contribution in [2.24, 2.45) is 0 Å². The van der Waals surface area contributed by atoms with Crippen molar-refractivity contribution in [1.29, 1.82) is 0 Å². The molecule has 0 saturated heterocycles. The maximum absolute atomic E-state index is 3.72. The summed E-state index contributed by atoms with van der Waals surface area (Å²) in [4.78, 5) is 3.72. The molecule has 0 bridgehead atoms. The fourth-order valence-electron chi connectivity index (χ4n) is 1.96. The van der Waals surface area contributed by atoms with E-state index < -0.39 is 8.56 Å². The smallest absolute Gasteiger partial charge is 0.285 e. The van der Waals surface area contributed by atoms with E-state index in [1.54, 1.807) is 0 Å². The minimum Gasteiger partial charge on any atom is -0.313 e. The van der Waals surface area contributed by atoms with Crippen molar-refractivity contribution < 1.29 is 0 Å². The molecule has 0 aromatic rings. The Morgan fingerprint density at radius 3 is 1.79 bits per heavy atom. The minimum absolute atomic E-state index is 1.06. The Morgan fingerprint density at radius 1 is 1.00 bits per heavy atom. The highest BCUT2D eigenvalue weighted by atomic mass is 28.4. The molecule has 14 heavy (non-hydrogen) atoms. The van der Waals surface area contributed by atoms with Gasteiger partial charge in [0.25, 0.3) is 8.56 Å². The first-order chi connectivity index (χ1) is 6.51. The summed E-state index contributed by atoms with van der Waals surface area (Å²) in [5.41, 5.74) is 0. The van der Waals surface area contributed by atoms with Gasteiger partial charge >= 0.3 is 0 Å². The second-order valence-corrected chi connectivity index (χ2v) is 8.51. The first-order valence-corrected chi connectivity index (χ1v) is 7.71. The Morgan fingerprint density at radius 2 is 1.50 bits per heavy atom. The Hall–Kier alpha value is 0.0969. The molecule has 0 saturated carbocycles. The zero-order valence-corrected chi connectivity index (χ0v) is 11.7. The summed E-state index contributed by atoms with van der Waals surface area (Å²) in [5.74, 6) is 0. The predicted octanol–water partition coefficient (Wildman–Crippen LogP) is 1.46. The van der Waals surface area contributed by atoms with E-state index in [4.69, 9.17) is 0 Å². The lowest BCUT2D eigenvalue weighted by Gasteiger charge is -2.42. The van der Waals surface area contributed by atoms with Crippen molar-refractivity contribution in [3.05, 3.63) is 0 Å². The number of hydrogen-bond donors (Lipinski definition) is 1. The van der Waals surface area contributed by atoms with Gasteiger partial charge in [0.2, 0.25) is 0 Å². The van der Waals surface area contributed by atoms with Gasteiger partial charge < -0.3 is 14.1 Å². The minimum atomic E-state index is -1.55. The topological polar surface area (TPSA) is 18.5 Å². The zero-order valence-electron chi connectivity index (χ0n) is 10.7. The molecule has 0 rings (SSSR count). The Labute approximate surface area is 90.7 Å². The molecule has 0 heterocycles. The highest BCUT2D eigenvalue weighted by Crippen LogP contribution is 2.15. The quantitative estimate of drug-likeness (QED) is 0.651. The Bertz CT molecular complexity index is 140. The summed E-state index contributed by atoms with van der Waals surface area (Å²) < 4.78 is 4.82. The maximum atomic E-state index is 3.72. The number of unbranched alkanes of at least 4 members (excludes halogenated alkanes) is 1. The normalized spacial score (nSPS) is 12.9. The highest BCUT2D eigenvalue weighted by molar-refractivity contribution is 6.71. The molecular weight excluding hydrogens is 190 g/mol. The van der Waals surface area contributed by atoms with E-state index in [0.29, 0.717) is 0 Å². The Balaban J connectivity index is 4.56. The number of nitrogens with zero attached hydrogens (tertiary/aromatic N) is 2. The van der Waals surface area contributed by atoms with Gasteiger partial charge in [-0.2, -0.15) is 0 Å². The van der Waals surface area contributed by atoms with Crippen molar-refractivity contribution in [3.63, 3.8) is 0 Å². The molecule has 3 nitrogen and oxygen atoms in total. The Kier molecular flexibility index (Phi) is 6.60. The molecule has 4 heteroatoms. The van der Waals surface area contributed by atoms with E-state index in [1.807, 2.05) is 0 Å². The monoisotopic (exact) mass is 217 g/mol. The third-order valence-corrected chi connectivity index (χ3v) is 7.75. The van der Waals surface area contributed by atoms with Gasteiger partial charge in [0.15, 0.2) is 0 Å². The predicted molar refractivity (Wildman–Crippen MR) is 66.5 cm³/mol. The van der Waals surface area contributed by atoms with Gasteiger partial charge in [-0.25, -0.2) is 0 Å². The molecule has 0 atom stereocenters. The first kappa shape index (κ1) is 14.1. The van der Waals surface area contributed by atoms with Crippen LogP contribution in [0.25, 0.3) is 0 Å². The van der Waals surface area contributed by atoms with Crippen LogP contribution in [0.2, 0.25) is 6.04 Å². The second kappa shape index (κ2) is 6.56. The van der Waals surface area contributed by atoms with E-state index in [2.05, 4.69) is 56.2 Å². The summed E-state index contributed by atoms with van der Waals surface area (Å²) in [6, 6.07) is 1.30. The van der Waals surface area contributed by atoms with E-state index in [0.717, 1.165) is 6.54 Å². The van der Waals surface area contributed by atoms with Crippen molar-refractivity contribution >= 4 is 8.56 Å². The lowest BCUT2D eigenvalue weighted by atomic mass is 10.4. The van der Waals surface area contributed by atoms with E-state index in [-0.39, 0.29) is 0 Å². The van der Waals surface area contributed by atoms with Crippen LogP contribution in [0.15, 0.2) is 0 Å². The molecule has 0 fully saturated rings. The van der Waals surface area contributed by atoms with Crippen molar-refractivity contribution in [2.75, 3.05) is 34.7 Å². The molecule has 0 aliphatic carbocycles. The molecule has 0 aliphatic heterocycles. The molecule has 0 aliphatic rings. The second-order valence-electron chi connectivity index (χ2n) is 4.24. The third-order valence-electron chi connectivity index (χ3n) is 2.82. The van der Waals surface area contributed by atoms with Crippen LogP contribution in [0.4, 0.5) is 0 Å². The molecule has 0 radical (unpaired) electrons. The summed E-state index contributed by atoms with van der Waals surface area (Å²) in [5, 5.41) is 0. The van der Waals surface area contributed by atoms with Crippen LogP contribution in [0.3, 0.4) is 0 Å². The van der Waals surface area contributed by atoms with Crippen molar-refractivity contribution in [3.8, 4) is 0 Å². The third kappa shape index (κ3) is 3.35. The number of nitrogens with one attached hydrogen (secondary N) is 1. The molecule has 86 valence electrons. The van der Waals surface area contributed by atoms with Gasteiger partial charge in [-0.3, -0.25) is 0 Å².